The average molecular weight is 147 g/mol. The van der Waals surface area contributed by atoms with Gasteiger partial charge in [0.2, 0.25) is 0 Å². The molecule has 0 bridgehead atoms. The maximum atomic E-state index is 10.2. The van der Waals surface area contributed by atoms with Gasteiger partial charge in [0, 0.05) is 19.0 Å². The molecule has 0 radical (unpaired) electrons. The van der Waals surface area contributed by atoms with Gasteiger partial charge in [-0.25, -0.2) is 0 Å². The van der Waals surface area contributed by atoms with Crippen LogP contribution in [0.3, 0.4) is 0 Å². The molecular weight excluding hydrogens is 134 g/mol. The lowest BCUT2D eigenvalue weighted by molar-refractivity contribution is -0.110. The molecule has 0 spiro atoms. The molecule has 0 aromatic carbocycles. The van der Waals surface area contributed by atoms with E-state index in [2.05, 4.69) is 17.9 Å². The van der Waals surface area contributed by atoms with E-state index in [9.17, 15) is 4.79 Å². The average Bonchev–Trinajstić information content (AvgIpc) is 1.63. The predicted octanol–water partition coefficient (Wildman–Crippen LogP) is 0.831. The van der Waals surface area contributed by atoms with Crippen molar-refractivity contribution in [1.29, 1.82) is 0 Å². The van der Waals surface area contributed by atoms with Crippen molar-refractivity contribution >= 4 is 17.7 Å². The van der Waals surface area contributed by atoms with Gasteiger partial charge in [0.25, 0.3) is 0 Å². The molecule has 54 valence electrons. The fraction of sp³-hybridized carbons (Fsp3) is 0.833. The molecule has 0 rings (SSSR count). The van der Waals surface area contributed by atoms with Crippen molar-refractivity contribution in [2.75, 3.05) is 6.54 Å². The third-order valence-electron chi connectivity index (χ3n) is 0.891. The zero-order valence-electron chi connectivity index (χ0n) is 5.85. The summed E-state index contributed by atoms with van der Waals surface area (Å²) in [7, 11) is 0. The summed E-state index contributed by atoms with van der Waals surface area (Å²) in [4.78, 5) is 10.2. The first-order valence-corrected chi connectivity index (χ1v) is 3.53. The van der Waals surface area contributed by atoms with Gasteiger partial charge in [0.15, 0.2) is 5.12 Å². The van der Waals surface area contributed by atoms with Crippen molar-refractivity contribution in [3.05, 3.63) is 0 Å². The fourth-order valence-corrected chi connectivity index (χ4v) is 0.580. The molecule has 0 saturated carbocycles. The second kappa shape index (κ2) is 4.82. The van der Waals surface area contributed by atoms with Crippen LogP contribution in [0.1, 0.15) is 20.3 Å². The summed E-state index contributed by atoms with van der Waals surface area (Å²) >= 11 is 3.62. The van der Waals surface area contributed by atoms with Gasteiger partial charge in [-0.2, -0.15) is 0 Å². The standard InChI is InChI=1S/C6H13NOS/c1-5(2)7-4-3-6(8)9/h5,7H,3-4H2,1-2H3,(H,8,9). The van der Waals surface area contributed by atoms with Crippen molar-refractivity contribution in [2.24, 2.45) is 0 Å². The van der Waals surface area contributed by atoms with Crippen LogP contribution < -0.4 is 5.32 Å². The smallest absolute Gasteiger partial charge is 0.187 e. The highest BCUT2D eigenvalue weighted by atomic mass is 32.1. The lowest BCUT2D eigenvalue weighted by Gasteiger charge is -2.04. The van der Waals surface area contributed by atoms with Crippen molar-refractivity contribution in [2.45, 2.75) is 26.3 Å². The van der Waals surface area contributed by atoms with E-state index in [0.29, 0.717) is 12.5 Å². The molecule has 0 unspecified atom stereocenters. The van der Waals surface area contributed by atoms with Crippen LogP contribution in [0.25, 0.3) is 0 Å². The lowest BCUT2D eigenvalue weighted by atomic mass is 10.3. The molecule has 3 heteroatoms. The third-order valence-corrected chi connectivity index (χ3v) is 1.12. The summed E-state index contributed by atoms with van der Waals surface area (Å²) in [6.07, 6.45) is 0.515. The summed E-state index contributed by atoms with van der Waals surface area (Å²) in [5.74, 6) is 0. The Morgan fingerprint density at radius 2 is 2.22 bits per heavy atom. The lowest BCUT2D eigenvalue weighted by Crippen LogP contribution is -2.24. The summed E-state index contributed by atoms with van der Waals surface area (Å²) in [5.41, 5.74) is 0. The zero-order valence-corrected chi connectivity index (χ0v) is 6.74. The highest BCUT2D eigenvalue weighted by molar-refractivity contribution is 7.96. The minimum absolute atomic E-state index is 0.0526. The molecule has 0 aliphatic heterocycles. The maximum Gasteiger partial charge on any atom is 0.187 e. The number of rotatable bonds is 4. The molecule has 0 aliphatic carbocycles. The Kier molecular flexibility index (Phi) is 4.81. The topological polar surface area (TPSA) is 29.1 Å². The molecule has 0 heterocycles. The second-order valence-electron chi connectivity index (χ2n) is 2.25. The van der Waals surface area contributed by atoms with Gasteiger partial charge in [-0.15, -0.1) is 12.6 Å². The molecule has 0 atom stereocenters. The minimum Gasteiger partial charge on any atom is -0.314 e. The van der Waals surface area contributed by atoms with Crippen LogP contribution >= 0.6 is 12.6 Å². The van der Waals surface area contributed by atoms with Crippen LogP contribution in [0.2, 0.25) is 0 Å². The third kappa shape index (κ3) is 7.98. The van der Waals surface area contributed by atoms with Crippen molar-refractivity contribution in [3.8, 4) is 0 Å². The van der Waals surface area contributed by atoms with E-state index in [1.54, 1.807) is 0 Å². The van der Waals surface area contributed by atoms with E-state index in [-0.39, 0.29) is 5.12 Å². The number of hydrogen-bond acceptors (Lipinski definition) is 2. The Hall–Kier alpha value is -0.0200. The molecule has 9 heavy (non-hydrogen) atoms. The van der Waals surface area contributed by atoms with E-state index in [1.807, 2.05) is 13.8 Å². The first-order valence-electron chi connectivity index (χ1n) is 3.08. The van der Waals surface area contributed by atoms with Gasteiger partial charge in [0.05, 0.1) is 0 Å². The number of thiol groups is 1. The van der Waals surface area contributed by atoms with Crippen LogP contribution in [-0.2, 0) is 4.79 Å². The monoisotopic (exact) mass is 147 g/mol. The second-order valence-corrected chi connectivity index (χ2v) is 2.75. The Bertz CT molecular complexity index is 93.1. The predicted molar refractivity (Wildman–Crippen MR) is 41.7 cm³/mol. The van der Waals surface area contributed by atoms with Gasteiger partial charge < -0.3 is 5.32 Å². The van der Waals surface area contributed by atoms with Crippen LogP contribution in [0.15, 0.2) is 0 Å². The molecule has 0 aromatic heterocycles. The fourth-order valence-electron chi connectivity index (χ4n) is 0.468. The SMILES string of the molecule is CC(C)NCCC(=O)S. The van der Waals surface area contributed by atoms with Crippen molar-refractivity contribution in [1.82, 2.24) is 5.32 Å². The number of hydrogen-bond donors (Lipinski definition) is 2. The number of nitrogens with one attached hydrogen (secondary N) is 1. The summed E-state index contributed by atoms with van der Waals surface area (Å²) < 4.78 is 0. The van der Waals surface area contributed by atoms with Crippen LogP contribution in [0, 0.1) is 0 Å². The highest BCUT2D eigenvalue weighted by Gasteiger charge is 1.94. The summed E-state index contributed by atoms with van der Waals surface area (Å²) in [6, 6.07) is 0.456. The Morgan fingerprint density at radius 1 is 1.67 bits per heavy atom. The molecule has 0 fully saturated rings. The zero-order chi connectivity index (χ0) is 7.28. The van der Waals surface area contributed by atoms with E-state index in [4.69, 9.17) is 0 Å². The van der Waals surface area contributed by atoms with Gasteiger partial charge in [-0.1, -0.05) is 13.8 Å². The molecule has 0 aromatic rings. The van der Waals surface area contributed by atoms with E-state index in [1.165, 1.54) is 0 Å². The van der Waals surface area contributed by atoms with Gasteiger partial charge >= 0.3 is 0 Å². The summed E-state index contributed by atoms with van der Waals surface area (Å²) in [5, 5.41) is 3.05. The normalized spacial score (nSPS) is 10.2. The minimum atomic E-state index is -0.0526. The van der Waals surface area contributed by atoms with Gasteiger partial charge in [0.1, 0.15) is 0 Å². The molecule has 2 nitrogen and oxygen atoms in total. The number of carbonyl (C=O) groups is 1. The van der Waals surface area contributed by atoms with Crippen LogP contribution in [0.5, 0.6) is 0 Å². The molecular formula is C6H13NOS. The van der Waals surface area contributed by atoms with Crippen molar-refractivity contribution in [3.63, 3.8) is 0 Å². The van der Waals surface area contributed by atoms with Gasteiger partial charge in [-0.05, 0) is 0 Å². The van der Waals surface area contributed by atoms with E-state index in [0.717, 1.165) is 6.54 Å². The Labute approximate surface area is 61.4 Å². The first-order chi connectivity index (χ1) is 4.13. The van der Waals surface area contributed by atoms with Crippen LogP contribution in [0.4, 0.5) is 0 Å². The van der Waals surface area contributed by atoms with E-state index < -0.39 is 0 Å². The molecule has 0 saturated heterocycles. The highest BCUT2D eigenvalue weighted by Crippen LogP contribution is 1.85. The molecule has 0 aliphatic rings. The number of carbonyl (C=O) groups excluding carboxylic acids is 1. The van der Waals surface area contributed by atoms with Gasteiger partial charge in [-0.3, -0.25) is 4.79 Å². The Balaban J connectivity index is 3.01. The molecule has 0 amide bonds. The largest absolute Gasteiger partial charge is 0.314 e. The Morgan fingerprint density at radius 3 is 2.56 bits per heavy atom. The first kappa shape index (κ1) is 8.98. The maximum absolute atomic E-state index is 10.2. The summed E-state index contributed by atoms with van der Waals surface area (Å²) in [6.45, 7) is 4.83. The quantitative estimate of drug-likeness (QED) is 0.577. The van der Waals surface area contributed by atoms with Crippen molar-refractivity contribution < 1.29 is 4.79 Å². The van der Waals surface area contributed by atoms with Crippen LogP contribution in [-0.4, -0.2) is 17.7 Å². The molecule has 1 N–H and O–H groups in total. The van der Waals surface area contributed by atoms with E-state index >= 15 is 0 Å².